The molecule has 1 aliphatic heterocycles. The van der Waals surface area contributed by atoms with Crippen LogP contribution < -0.4 is 15.4 Å². The van der Waals surface area contributed by atoms with Crippen molar-refractivity contribution < 1.29 is 4.74 Å². The monoisotopic (exact) mass is 455 g/mol. The minimum atomic E-state index is 0.258. The lowest BCUT2D eigenvalue weighted by molar-refractivity contribution is 0.303. The zero-order chi connectivity index (χ0) is 24.2. The van der Waals surface area contributed by atoms with Crippen molar-refractivity contribution in [2.24, 2.45) is 0 Å². The van der Waals surface area contributed by atoms with Crippen LogP contribution in [-0.2, 0) is 6.61 Å². The van der Waals surface area contributed by atoms with Gasteiger partial charge in [-0.2, -0.15) is 15.5 Å². The second-order valence-corrected chi connectivity index (χ2v) is 8.67. The van der Waals surface area contributed by atoms with E-state index in [0.717, 1.165) is 48.7 Å². The Labute approximate surface area is 200 Å². The molecule has 8 nitrogen and oxygen atoms in total. The maximum atomic E-state index is 9.60. The fourth-order valence-corrected chi connectivity index (χ4v) is 4.06. The van der Waals surface area contributed by atoms with E-state index in [1.54, 1.807) is 30.5 Å². The zero-order valence-corrected chi connectivity index (χ0v) is 19.8. The Balaban J connectivity index is 1.60. The molecule has 0 amide bonds. The van der Waals surface area contributed by atoms with Crippen LogP contribution >= 0.6 is 0 Å². The molecular formula is C26H29N7O. The Bertz CT molecular complexity index is 1240. The molecule has 0 bridgehead atoms. The van der Waals surface area contributed by atoms with Crippen molar-refractivity contribution in [3.05, 3.63) is 76.1 Å². The van der Waals surface area contributed by atoms with Gasteiger partial charge < -0.3 is 20.3 Å². The van der Waals surface area contributed by atoms with Crippen LogP contribution in [-0.4, -0.2) is 54.0 Å². The van der Waals surface area contributed by atoms with E-state index in [-0.39, 0.29) is 5.71 Å². The first-order valence-electron chi connectivity index (χ1n) is 11.2. The molecule has 1 saturated heterocycles. The lowest BCUT2D eigenvalue weighted by Gasteiger charge is -2.34. The number of aryl methyl sites for hydroxylation is 2. The number of piperazine rings is 1. The van der Waals surface area contributed by atoms with Gasteiger partial charge in [-0.15, -0.1) is 0 Å². The predicted octanol–water partition coefficient (Wildman–Crippen LogP) is 3.29. The summed E-state index contributed by atoms with van der Waals surface area (Å²) in [6.45, 7) is 7.91. The molecule has 0 aliphatic carbocycles. The normalized spacial score (nSPS) is 14.0. The number of nitrogens with zero attached hydrogens (tertiary/aromatic N) is 5. The molecule has 2 heterocycles. The van der Waals surface area contributed by atoms with E-state index in [4.69, 9.17) is 15.9 Å². The van der Waals surface area contributed by atoms with Crippen molar-refractivity contribution in [1.29, 1.82) is 10.7 Å². The van der Waals surface area contributed by atoms with Crippen molar-refractivity contribution in [3.8, 4) is 11.8 Å². The number of anilines is 2. The third-order valence-electron chi connectivity index (χ3n) is 6.25. The van der Waals surface area contributed by atoms with Gasteiger partial charge in [0.25, 0.3) is 0 Å². The highest BCUT2D eigenvalue weighted by Crippen LogP contribution is 2.27. The Kier molecular flexibility index (Phi) is 6.75. The van der Waals surface area contributed by atoms with Gasteiger partial charge in [-0.1, -0.05) is 0 Å². The molecule has 1 aliphatic rings. The van der Waals surface area contributed by atoms with Gasteiger partial charge in [0.2, 0.25) is 0 Å². The van der Waals surface area contributed by atoms with Crippen molar-refractivity contribution >= 4 is 17.1 Å². The summed E-state index contributed by atoms with van der Waals surface area (Å²) in [7, 11) is 2.11. The maximum absolute atomic E-state index is 9.60. The van der Waals surface area contributed by atoms with E-state index in [1.807, 2.05) is 26.0 Å². The number of nitriles is 1. The topological polar surface area (TPSA) is 115 Å². The van der Waals surface area contributed by atoms with E-state index in [1.165, 1.54) is 0 Å². The number of aromatic nitrogens is 2. The summed E-state index contributed by atoms with van der Waals surface area (Å²) < 4.78 is 6.02. The van der Waals surface area contributed by atoms with Gasteiger partial charge in [0, 0.05) is 54.2 Å². The molecule has 0 unspecified atom stereocenters. The van der Waals surface area contributed by atoms with Crippen LogP contribution in [0.4, 0.5) is 11.4 Å². The van der Waals surface area contributed by atoms with Crippen LogP contribution in [0.15, 0.2) is 42.6 Å². The Morgan fingerprint density at radius 3 is 2.62 bits per heavy atom. The van der Waals surface area contributed by atoms with Gasteiger partial charge in [0.1, 0.15) is 12.4 Å². The lowest BCUT2D eigenvalue weighted by Crippen LogP contribution is -2.44. The number of nitrogen functional groups attached to an aromatic ring is 1. The van der Waals surface area contributed by atoms with Crippen LogP contribution in [0.2, 0.25) is 0 Å². The van der Waals surface area contributed by atoms with Crippen molar-refractivity contribution in [3.63, 3.8) is 0 Å². The molecular weight excluding hydrogens is 426 g/mol. The molecule has 1 fully saturated rings. The fourth-order valence-electron chi connectivity index (χ4n) is 4.06. The van der Waals surface area contributed by atoms with Crippen LogP contribution in [0.25, 0.3) is 0 Å². The number of hydrogen-bond donors (Lipinski definition) is 2. The highest BCUT2D eigenvalue weighted by molar-refractivity contribution is 6.14. The summed E-state index contributed by atoms with van der Waals surface area (Å²) in [6.07, 6.45) is 1.72. The van der Waals surface area contributed by atoms with Crippen LogP contribution in [0.3, 0.4) is 0 Å². The second kappa shape index (κ2) is 9.89. The third kappa shape index (κ3) is 5.00. The average molecular weight is 456 g/mol. The van der Waals surface area contributed by atoms with Crippen LogP contribution in [0, 0.1) is 30.6 Å². The largest absolute Gasteiger partial charge is 0.489 e. The Morgan fingerprint density at radius 1 is 1.15 bits per heavy atom. The summed E-state index contributed by atoms with van der Waals surface area (Å²) in [5.74, 6) is 0.611. The number of nitrogens with two attached hydrogens (primary N) is 1. The molecule has 3 aromatic rings. The third-order valence-corrected chi connectivity index (χ3v) is 6.25. The highest BCUT2D eigenvalue weighted by Gasteiger charge is 2.18. The molecule has 3 N–H and O–H groups in total. The quantitative estimate of drug-likeness (QED) is 0.433. The first kappa shape index (κ1) is 23.2. The van der Waals surface area contributed by atoms with E-state index in [0.29, 0.717) is 34.7 Å². The van der Waals surface area contributed by atoms with Crippen LogP contribution in [0.5, 0.6) is 5.75 Å². The summed E-state index contributed by atoms with van der Waals surface area (Å²) in [4.78, 5) is 4.54. The summed E-state index contributed by atoms with van der Waals surface area (Å²) >= 11 is 0. The average Bonchev–Trinajstić information content (AvgIpc) is 2.84. The first-order chi connectivity index (χ1) is 16.4. The fraction of sp³-hybridized carbons (Fsp3) is 0.308. The number of nitrogens with one attached hydrogen (secondary N) is 1. The van der Waals surface area contributed by atoms with Crippen molar-refractivity contribution in [2.45, 2.75) is 20.5 Å². The van der Waals surface area contributed by atoms with Gasteiger partial charge in [0.15, 0.2) is 0 Å². The van der Waals surface area contributed by atoms with Gasteiger partial charge >= 0.3 is 0 Å². The van der Waals surface area contributed by atoms with E-state index >= 15 is 0 Å². The second-order valence-electron chi connectivity index (χ2n) is 8.67. The Morgan fingerprint density at radius 2 is 1.91 bits per heavy atom. The smallest absolute Gasteiger partial charge is 0.120 e. The summed E-state index contributed by atoms with van der Waals surface area (Å²) in [6, 6.07) is 13.2. The minimum absolute atomic E-state index is 0.258. The summed E-state index contributed by atoms with van der Waals surface area (Å²) in [5.41, 5.74) is 12.5. The van der Waals surface area contributed by atoms with Crippen LogP contribution in [0.1, 0.15) is 33.5 Å². The number of benzene rings is 2. The van der Waals surface area contributed by atoms with Gasteiger partial charge in [-0.25, -0.2) is 0 Å². The number of rotatable bonds is 6. The number of ether oxygens (including phenoxy) is 1. The highest BCUT2D eigenvalue weighted by atomic mass is 16.5. The number of hydrogen-bond acceptors (Lipinski definition) is 8. The molecule has 34 heavy (non-hydrogen) atoms. The standard InChI is InChI=1S/C26H29N7O/c1-17-15-30-31-18(2)24(17)16-34-22-4-5-25(28)23(13-22)26(29)20-10-19(14-27)11-21(12-20)33-8-6-32(3)7-9-33/h4-5,10-13,15,29H,6-9,16,28H2,1-3H3. The van der Waals surface area contributed by atoms with Gasteiger partial charge in [-0.3, -0.25) is 5.41 Å². The Hall–Kier alpha value is -3.96. The van der Waals surface area contributed by atoms with Crippen molar-refractivity contribution in [2.75, 3.05) is 43.9 Å². The van der Waals surface area contributed by atoms with E-state index < -0.39 is 0 Å². The lowest BCUT2D eigenvalue weighted by atomic mass is 9.98. The molecule has 2 aromatic carbocycles. The number of likely N-dealkylation sites (N-methyl/N-ethyl adjacent to an activating group) is 1. The maximum Gasteiger partial charge on any atom is 0.120 e. The minimum Gasteiger partial charge on any atom is -0.489 e. The molecule has 8 heteroatoms. The summed E-state index contributed by atoms with van der Waals surface area (Å²) in [5, 5.41) is 26.6. The molecule has 0 radical (unpaired) electrons. The SMILES string of the molecule is Cc1cnnc(C)c1COc1ccc(N)c(C(=N)c2cc(C#N)cc(N3CCN(C)CC3)c2)c1. The molecule has 1 aromatic heterocycles. The first-order valence-corrected chi connectivity index (χ1v) is 11.2. The molecule has 0 saturated carbocycles. The van der Waals surface area contributed by atoms with E-state index in [2.05, 4.69) is 33.1 Å². The molecule has 0 spiro atoms. The van der Waals surface area contributed by atoms with Gasteiger partial charge in [0.05, 0.1) is 29.2 Å². The zero-order valence-electron chi connectivity index (χ0n) is 19.8. The van der Waals surface area contributed by atoms with Crippen molar-refractivity contribution in [1.82, 2.24) is 15.1 Å². The van der Waals surface area contributed by atoms with Gasteiger partial charge in [-0.05, 0) is 62.9 Å². The molecule has 4 rings (SSSR count). The molecule has 174 valence electrons. The molecule has 0 atom stereocenters. The van der Waals surface area contributed by atoms with E-state index in [9.17, 15) is 5.26 Å². The predicted molar refractivity (Wildman–Crippen MR) is 133 cm³/mol.